The van der Waals surface area contributed by atoms with E-state index in [-0.39, 0.29) is 4.90 Å². The van der Waals surface area contributed by atoms with Crippen molar-refractivity contribution in [3.8, 4) is 6.07 Å². The van der Waals surface area contributed by atoms with E-state index in [1.807, 2.05) is 6.07 Å². The standard InChI is InChI=1S/C14H9N3O3S/c15-8-10-2-1-3-11(6-10)17-21(18,19)12-4-5-13-14(7-12)20-9-16-13/h1-7,9,17H. The summed E-state index contributed by atoms with van der Waals surface area (Å²) in [5, 5.41) is 8.83. The number of fused-ring (bicyclic) bond motifs is 1. The average molecular weight is 299 g/mol. The van der Waals surface area contributed by atoms with Gasteiger partial charge in [0.1, 0.15) is 5.52 Å². The lowest BCUT2D eigenvalue weighted by Gasteiger charge is -2.08. The predicted octanol–water partition coefficient (Wildman–Crippen LogP) is 2.50. The van der Waals surface area contributed by atoms with Gasteiger partial charge in [-0.2, -0.15) is 5.26 Å². The Kier molecular flexibility index (Phi) is 3.08. The van der Waals surface area contributed by atoms with Crippen LogP contribution in [0.4, 0.5) is 5.69 Å². The molecule has 1 N–H and O–H groups in total. The van der Waals surface area contributed by atoms with Crippen LogP contribution in [0.2, 0.25) is 0 Å². The summed E-state index contributed by atoms with van der Waals surface area (Å²) < 4.78 is 32.1. The van der Waals surface area contributed by atoms with Gasteiger partial charge in [-0.05, 0) is 30.3 Å². The summed E-state index contributed by atoms with van der Waals surface area (Å²) in [7, 11) is -3.75. The number of hydrogen-bond acceptors (Lipinski definition) is 5. The van der Waals surface area contributed by atoms with Crippen LogP contribution >= 0.6 is 0 Å². The number of anilines is 1. The van der Waals surface area contributed by atoms with Gasteiger partial charge in [0.05, 0.1) is 22.2 Å². The van der Waals surface area contributed by atoms with Crippen molar-refractivity contribution in [2.45, 2.75) is 4.90 Å². The Bertz CT molecular complexity index is 955. The van der Waals surface area contributed by atoms with Gasteiger partial charge in [0.15, 0.2) is 12.0 Å². The number of nitriles is 1. The molecule has 0 radical (unpaired) electrons. The van der Waals surface area contributed by atoms with Crippen molar-refractivity contribution in [1.82, 2.24) is 4.98 Å². The first-order valence-electron chi connectivity index (χ1n) is 5.95. The minimum atomic E-state index is -3.75. The number of nitrogens with one attached hydrogen (secondary N) is 1. The van der Waals surface area contributed by atoms with Crippen LogP contribution in [-0.2, 0) is 10.0 Å². The quantitative estimate of drug-likeness (QED) is 0.801. The largest absolute Gasteiger partial charge is 0.443 e. The minimum absolute atomic E-state index is 0.0640. The van der Waals surface area contributed by atoms with Crippen molar-refractivity contribution in [2.75, 3.05) is 4.72 Å². The first-order valence-corrected chi connectivity index (χ1v) is 7.43. The van der Waals surface area contributed by atoms with Gasteiger partial charge in [0.25, 0.3) is 10.0 Å². The topological polar surface area (TPSA) is 96.0 Å². The van der Waals surface area contributed by atoms with Crippen LogP contribution in [0, 0.1) is 11.3 Å². The van der Waals surface area contributed by atoms with E-state index >= 15 is 0 Å². The smallest absolute Gasteiger partial charge is 0.262 e. The Morgan fingerprint density at radius 2 is 2.05 bits per heavy atom. The maximum absolute atomic E-state index is 12.3. The molecule has 0 fully saturated rings. The second kappa shape index (κ2) is 4.92. The second-order valence-corrected chi connectivity index (χ2v) is 5.96. The van der Waals surface area contributed by atoms with Crippen LogP contribution in [0.25, 0.3) is 11.1 Å². The van der Waals surface area contributed by atoms with E-state index in [4.69, 9.17) is 9.68 Å². The number of rotatable bonds is 3. The number of benzene rings is 2. The van der Waals surface area contributed by atoms with E-state index in [0.717, 1.165) is 0 Å². The number of hydrogen-bond donors (Lipinski definition) is 1. The van der Waals surface area contributed by atoms with Crippen molar-refractivity contribution in [3.63, 3.8) is 0 Å². The summed E-state index contributed by atoms with van der Waals surface area (Å²) >= 11 is 0. The van der Waals surface area contributed by atoms with E-state index in [9.17, 15) is 8.42 Å². The Labute approximate surface area is 120 Å². The van der Waals surface area contributed by atoms with E-state index in [0.29, 0.717) is 22.4 Å². The van der Waals surface area contributed by atoms with Gasteiger partial charge >= 0.3 is 0 Å². The molecular weight excluding hydrogens is 290 g/mol. The lowest BCUT2D eigenvalue weighted by molar-refractivity contribution is 0.594. The average Bonchev–Trinajstić information content (AvgIpc) is 2.94. The molecule has 3 aromatic rings. The van der Waals surface area contributed by atoms with Crippen LogP contribution in [0.1, 0.15) is 5.56 Å². The highest BCUT2D eigenvalue weighted by molar-refractivity contribution is 7.92. The zero-order valence-electron chi connectivity index (χ0n) is 10.6. The van der Waals surface area contributed by atoms with Crippen LogP contribution < -0.4 is 4.72 Å². The Balaban J connectivity index is 1.97. The summed E-state index contributed by atoms with van der Waals surface area (Å²) in [5.41, 5.74) is 1.68. The molecule has 0 saturated heterocycles. The molecule has 0 saturated carbocycles. The molecule has 7 heteroatoms. The fraction of sp³-hybridized carbons (Fsp3) is 0. The summed E-state index contributed by atoms with van der Waals surface area (Å²) in [6.45, 7) is 0. The molecular formula is C14H9N3O3S. The molecule has 104 valence electrons. The van der Waals surface area contributed by atoms with E-state index in [1.54, 1.807) is 24.3 Å². The maximum Gasteiger partial charge on any atom is 0.262 e. The van der Waals surface area contributed by atoms with Gasteiger partial charge in [0, 0.05) is 6.07 Å². The predicted molar refractivity (Wildman–Crippen MR) is 76.0 cm³/mol. The molecule has 1 heterocycles. The minimum Gasteiger partial charge on any atom is -0.443 e. The highest BCUT2D eigenvalue weighted by Crippen LogP contribution is 2.21. The number of nitrogens with zero attached hydrogens (tertiary/aromatic N) is 2. The molecule has 0 unspecified atom stereocenters. The van der Waals surface area contributed by atoms with Crippen LogP contribution in [0.15, 0.2) is 58.2 Å². The molecule has 6 nitrogen and oxygen atoms in total. The van der Waals surface area contributed by atoms with Crippen LogP contribution in [0.3, 0.4) is 0 Å². The fourth-order valence-electron chi connectivity index (χ4n) is 1.87. The molecule has 0 amide bonds. The van der Waals surface area contributed by atoms with Gasteiger partial charge in [-0.1, -0.05) is 6.07 Å². The summed E-state index contributed by atoms with van der Waals surface area (Å²) in [6, 6.07) is 12.6. The lowest BCUT2D eigenvalue weighted by atomic mass is 10.2. The van der Waals surface area contributed by atoms with Crippen molar-refractivity contribution in [3.05, 3.63) is 54.4 Å². The van der Waals surface area contributed by atoms with E-state index in [1.165, 1.54) is 24.6 Å². The molecule has 0 aliphatic rings. The van der Waals surface area contributed by atoms with Gasteiger partial charge in [-0.3, -0.25) is 4.72 Å². The van der Waals surface area contributed by atoms with Crippen LogP contribution in [0.5, 0.6) is 0 Å². The third-order valence-electron chi connectivity index (χ3n) is 2.86. The van der Waals surface area contributed by atoms with Gasteiger partial charge < -0.3 is 4.42 Å². The number of oxazole rings is 1. The monoisotopic (exact) mass is 299 g/mol. The molecule has 2 aromatic carbocycles. The molecule has 0 aliphatic heterocycles. The van der Waals surface area contributed by atoms with E-state index < -0.39 is 10.0 Å². The molecule has 21 heavy (non-hydrogen) atoms. The molecule has 0 spiro atoms. The fourth-order valence-corrected chi connectivity index (χ4v) is 2.93. The Morgan fingerprint density at radius 1 is 1.19 bits per heavy atom. The highest BCUT2D eigenvalue weighted by Gasteiger charge is 2.16. The van der Waals surface area contributed by atoms with Crippen molar-refractivity contribution in [2.24, 2.45) is 0 Å². The summed E-state index contributed by atoms with van der Waals surface area (Å²) in [6.07, 6.45) is 1.25. The molecule has 0 aliphatic carbocycles. The van der Waals surface area contributed by atoms with E-state index in [2.05, 4.69) is 9.71 Å². The molecule has 0 bridgehead atoms. The zero-order valence-corrected chi connectivity index (χ0v) is 11.5. The van der Waals surface area contributed by atoms with Crippen molar-refractivity contribution >= 4 is 26.8 Å². The lowest BCUT2D eigenvalue weighted by Crippen LogP contribution is -2.12. The number of aromatic nitrogens is 1. The Morgan fingerprint density at radius 3 is 2.86 bits per heavy atom. The van der Waals surface area contributed by atoms with Gasteiger partial charge in [-0.25, -0.2) is 13.4 Å². The molecule has 3 rings (SSSR count). The maximum atomic E-state index is 12.3. The van der Waals surface area contributed by atoms with Gasteiger partial charge in [-0.15, -0.1) is 0 Å². The van der Waals surface area contributed by atoms with Crippen molar-refractivity contribution < 1.29 is 12.8 Å². The first kappa shape index (κ1) is 13.1. The third-order valence-corrected chi connectivity index (χ3v) is 4.24. The number of sulfonamides is 1. The Hall–Kier alpha value is -2.85. The molecule has 0 atom stereocenters. The summed E-state index contributed by atoms with van der Waals surface area (Å²) in [4.78, 5) is 3.99. The van der Waals surface area contributed by atoms with Crippen LogP contribution in [-0.4, -0.2) is 13.4 Å². The normalized spacial score (nSPS) is 11.2. The van der Waals surface area contributed by atoms with Gasteiger partial charge in [0.2, 0.25) is 0 Å². The first-order chi connectivity index (χ1) is 10.1. The highest BCUT2D eigenvalue weighted by atomic mass is 32.2. The zero-order chi connectivity index (χ0) is 14.9. The molecule has 1 aromatic heterocycles. The third kappa shape index (κ3) is 2.57. The second-order valence-electron chi connectivity index (χ2n) is 4.28. The SMILES string of the molecule is N#Cc1cccc(NS(=O)(=O)c2ccc3ncoc3c2)c1. The summed E-state index contributed by atoms with van der Waals surface area (Å²) in [5.74, 6) is 0. The van der Waals surface area contributed by atoms with Crippen molar-refractivity contribution in [1.29, 1.82) is 5.26 Å².